The van der Waals surface area contributed by atoms with Crippen LogP contribution in [0.4, 0.5) is 23.2 Å². The number of hydrogen-bond donors (Lipinski definition) is 1. The van der Waals surface area contributed by atoms with E-state index in [1.165, 1.54) is 6.92 Å². The van der Waals surface area contributed by atoms with Crippen LogP contribution in [-0.4, -0.2) is 35.1 Å². The molecule has 0 fully saturated rings. The molecule has 0 aromatic heterocycles. The van der Waals surface area contributed by atoms with Gasteiger partial charge in [-0.15, -0.1) is 0 Å². The molecule has 2 rings (SSSR count). The topological polar surface area (TPSA) is 88.1 Å². The summed E-state index contributed by atoms with van der Waals surface area (Å²) in [5, 5.41) is 6.18. The Hall–Kier alpha value is -2.98. The molecule has 0 spiro atoms. The van der Waals surface area contributed by atoms with Crippen LogP contribution in [0.1, 0.15) is 40.5 Å². The molecule has 1 aromatic carbocycles. The first-order valence-electron chi connectivity index (χ1n) is 8.58. The highest BCUT2D eigenvalue weighted by Gasteiger charge is 2.34. The number of rotatable bonds is 4. The van der Waals surface area contributed by atoms with Gasteiger partial charge in [0, 0.05) is 24.4 Å². The molecule has 158 valence electrons. The minimum absolute atomic E-state index is 0.0169. The van der Waals surface area contributed by atoms with Crippen LogP contribution in [-0.2, 0) is 19.1 Å². The second kappa shape index (κ2) is 8.18. The molecule has 0 radical (unpaired) electrons. The van der Waals surface area contributed by atoms with Gasteiger partial charge in [0.15, 0.2) is 29.4 Å². The Labute approximate surface area is 163 Å². The van der Waals surface area contributed by atoms with Crippen molar-refractivity contribution in [3.8, 4) is 0 Å². The first-order valence-corrected chi connectivity index (χ1v) is 8.58. The number of benzene rings is 1. The largest absolute Gasteiger partial charge is 0.448 e. The minimum atomic E-state index is -1.84. The van der Waals surface area contributed by atoms with Crippen molar-refractivity contribution in [3.05, 3.63) is 29.3 Å². The molecule has 11 heteroatoms. The van der Waals surface area contributed by atoms with Gasteiger partial charge < -0.3 is 10.1 Å². The highest BCUT2D eigenvalue weighted by Crippen LogP contribution is 2.30. The van der Waals surface area contributed by atoms with Crippen LogP contribution < -0.4 is 10.3 Å². The lowest BCUT2D eigenvalue weighted by atomic mass is 10.1. The van der Waals surface area contributed by atoms with Crippen molar-refractivity contribution in [2.45, 2.75) is 52.2 Å². The average molecular weight is 417 g/mol. The molecule has 0 saturated carbocycles. The maximum Gasteiger partial charge on any atom is 0.355 e. The fourth-order valence-corrected chi connectivity index (χ4v) is 2.38. The summed E-state index contributed by atoms with van der Waals surface area (Å²) in [7, 11) is 0. The van der Waals surface area contributed by atoms with E-state index in [1.54, 1.807) is 20.8 Å². The second-order valence-electron chi connectivity index (χ2n) is 7.36. The predicted octanol–water partition coefficient (Wildman–Crippen LogP) is 2.57. The van der Waals surface area contributed by atoms with Crippen molar-refractivity contribution in [1.29, 1.82) is 0 Å². The number of nitrogens with one attached hydrogen (secondary N) is 1. The molecule has 1 atom stereocenters. The number of hydrazone groups is 1. The van der Waals surface area contributed by atoms with Crippen LogP contribution in [0.3, 0.4) is 0 Å². The fraction of sp³-hybridized carbons (Fsp3) is 0.444. The van der Waals surface area contributed by atoms with Crippen molar-refractivity contribution in [1.82, 2.24) is 5.32 Å². The fourth-order valence-electron chi connectivity index (χ4n) is 2.38. The van der Waals surface area contributed by atoms with Gasteiger partial charge in [0.1, 0.15) is 11.4 Å². The van der Waals surface area contributed by atoms with Gasteiger partial charge in [0.25, 0.3) is 5.91 Å². The molecule has 0 unspecified atom stereocenters. The third-order valence-electron chi connectivity index (χ3n) is 3.72. The zero-order valence-corrected chi connectivity index (χ0v) is 16.1. The summed E-state index contributed by atoms with van der Waals surface area (Å²) in [5.41, 5.74) is -2.40. The monoisotopic (exact) mass is 417 g/mol. The Morgan fingerprint density at radius 2 is 1.69 bits per heavy atom. The minimum Gasteiger partial charge on any atom is -0.448 e. The van der Waals surface area contributed by atoms with Crippen molar-refractivity contribution in [2.24, 2.45) is 5.10 Å². The SMILES string of the molecule is C[C@H](OC(=O)C1=NN(c2c(F)c(F)cc(F)c2F)C(=O)CC1)C(=O)NC(C)(C)C. The molecule has 7 nitrogen and oxygen atoms in total. The molecule has 0 bridgehead atoms. The molecule has 1 aliphatic heterocycles. The molecule has 0 aliphatic carbocycles. The van der Waals surface area contributed by atoms with Gasteiger partial charge in [-0.05, 0) is 27.7 Å². The Morgan fingerprint density at radius 1 is 1.14 bits per heavy atom. The van der Waals surface area contributed by atoms with E-state index >= 15 is 0 Å². The number of amides is 2. The number of carbonyl (C=O) groups is 3. The van der Waals surface area contributed by atoms with Crippen LogP contribution in [0, 0.1) is 23.3 Å². The molecule has 1 heterocycles. The summed E-state index contributed by atoms with van der Waals surface area (Å²) < 4.78 is 59.8. The summed E-state index contributed by atoms with van der Waals surface area (Å²) in [6.45, 7) is 6.45. The quantitative estimate of drug-likeness (QED) is 0.463. The van der Waals surface area contributed by atoms with E-state index < -0.39 is 70.5 Å². The maximum absolute atomic E-state index is 14.0. The van der Waals surface area contributed by atoms with E-state index in [0.29, 0.717) is 0 Å². The molecule has 29 heavy (non-hydrogen) atoms. The average Bonchev–Trinajstić information content (AvgIpc) is 2.60. The smallest absolute Gasteiger partial charge is 0.355 e. The van der Waals surface area contributed by atoms with Crippen molar-refractivity contribution >= 4 is 29.2 Å². The van der Waals surface area contributed by atoms with Gasteiger partial charge in [-0.3, -0.25) is 9.59 Å². The van der Waals surface area contributed by atoms with Crippen molar-refractivity contribution in [3.63, 3.8) is 0 Å². The van der Waals surface area contributed by atoms with Crippen molar-refractivity contribution in [2.75, 3.05) is 5.01 Å². The summed E-state index contributed by atoms with van der Waals surface area (Å²) >= 11 is 0. The normalized spacial score (nSPS) is 15.7. The second-order valence-corrected chi connectivity index (χ2v) is 7.36. The van der Waals surface area contributed by atoms with Gasteiger partial charge in [0.05, 0.1) is 0 Å². The number of nitrogens with zero attached hydrogens (tertiary/aromatic N) is 2. The van der Waals surface area contributed by atoms with Crippen LogP contribution in [0.15, 0.2) is 11.2 Å². The van der Waals surface area contributed by atoms with Crippen LogP contribution >= 0.6 is 0 Å². The zero-order chi connectivity index (χ0) is 22.1. The maximum atomic E-state index is 14.0. The lowest BCUT2D eigenvalue weighted by molar-refractivity contribution is -0.149. The van der Waals surface area contributed by atoms with E-state index in [0.717, 1.165) is 0 Å². The Balaban J connectivity index is 2.29. The van der Waals surface area contributed by atoms with Gasteiger partial charge in [0.2, 0.25) is 5.91 Å². The van der Waals surface area contributed by atoms with Crippen molar-refractivity contribution < 1.29 is 36.7 Å². The van der Waals surface area contributed by atoms with Crippen LogP contribution in [0.2, 0.25) is 0 Å². The highest BCUT2D eigenvalue weighted by atomic mass is 19.2. The Morgan fingerprint density at radius 3 is 2.21 bits per heavy atom. The third-order valence-corrected chi connectivity index (χ3v) is 3.72. The molecule has 1 aliphatic rings. The molecule has 0 saturated heterocycles. The van der Waals surface area contributed by atoms with Crippen LogP contribution in [0.5, 0.6) is 0 Å². The highest BCUT2D eigenvalue weighted by molar-refractivity contribution is 6.38. The summed E-state index contributed by atoms with van der Waals surface area (Å²) in [5.74, 6) is -9.84. The lowest BCUT2D eigenvalue weighted by Gasteiger charge is -2.25. The first-order chi connectivity index (χ1) is 13.3. The van der Waals surface area contributed by atoms with E-state index in [1.807, 2.05) is 0 Å². The number of halogens is 4. The summed E-state index contributed by atoms with van der Waals surface area (Å²) in [4.78, 5) is 36.3. The lowest BCUT2D eigenvalue weighted by Crippen LogP contribution is -2.47. The third kappa shape index (κ3) is 5.09. The van der Waals surface area contributed by atoms with E-state index in [9.17, 15) is 31.9 Å². The standard InChI is InChI=1S/C18H19F4N3O4/c1-8(16(27)23-18(2,3)4)29-17(28)11-5-6-12(26)25(24-11)15-13(21)9(19)7-10(20)14(15)22/h7-8H,5-6H2,1-4H3,(H,23,27)/t8-/m0/s1. The zero-order valence-electron chi connectivity index (χ0n) is 16.1. The Kier molecular flexibility index (Phi) is 6.29. The molecule has 1 N–H and O–H groups in total. The van der Waals surface area contributed by atoms with Gasteiger partial charge in [-0.2, -0.15) is 10.1 Å². The summed E-state index contributed by atoms with van der Waals surface area (Å²) in [6.07, 6.45) is -1.90. The van der Waals surface area contributed by atoms with E-state index in [-0.39, 0.29) is 17.5 Å². The molecular weight excluding hydrogens is 398 g/mol. The first kappa shape index (κ1) is 22.3. The van der Waals surface area contributed by atoms with Gasteiger partial charge in [-0.1, -0.05) is 0 Å². The number of hydrogen-bond acceptors (Lipinski definition) is 5. The number of carbonyl (C=O) groups excluding carboxylic acids is 3. The van der Waals surface area contributed by atoms with E-state index in [2.05, 4.69) is 10.4 Å². The molecule has 1 aromatic rings. The van der Waals surface area contributed by atoms with E-state index in [4.69, 9.17) is 4.74 Å². The van der Waals surface area contributed by atoms with Crippen LogP contribution in [0.25, 0.3) is 0 Å². The summed E-state index contributed by atoms with van der Waals surface area (Å²) in [6, 6.07) is -0.0169. The van der Waals surface area contributed by atoms with Gasteiger partial charge in [-0.25, -0.2) is 22.4 Å². The van der Waals surface area contributed by atoms with Gasteiger partial charge >= 0.3 is 5.97 Å². The number of anilines is 1. The number of esters is 1. The predicted molar refractivity (Wildman–Crippen MR) is 93.9 cm³/mol. The molecule has 2 amide bonds. The number of ether oxygens (including phenoxy) is 1. The molecular formula is C18H19F4N3O4. The Bertz CT molecular complexity index is 870.